The summed E-state index contributed by atoms with van der Waals surface area (Å²) >= 11 is 0. The second kappa shape index (κ2) is 8.86. The SMILES string of the molecule is CC(=O)N1c2ccc(-c3cccc(-n4cccn4)c3)cc2[C@H](NC(=O)OC(C)C)C[C@@H]1C. The van der Waals surface area contributed by atoms with Crippen LogP contribution in [0, 0.1) is 0 Å². The van der Waals surface area contributed by atoms with E-state index in [0.717, 1.165) is 28.1 Å². The van der Waals surface area contributed by atoms with Crippen molar-refractivity contribution in [1.82, 2.24) is 15.1 Å². The van der Waals surface area contributed by atoms with E-state index in [2.05, 4.69) is 22.5 Å². The second-order valence-corrected chi connectivity index (χ2v) is 8.40. The zero-order valence-corrected chi connectivity index (χ0v) is 18.8. The summed E-state index contributed by atoms with van der Waals surface area (Å²) in [4.78, 5) is 26.5. The van der Waals surface area contributed by atoms with Gasteiger partial charge in [-0.2, -0.15) is 5.10 Å². The van der Waals surface area contributed by atoms with E-state index in [-0.39, 0.29) is 24.1 Å². The third-order valence-corrected chi connectivity index (χ3v) is 5.60. The molecule has 0 fully saturated rings. The van der Waals surface area contributed by atoms with E-state index in [0.29, 0.717) is 6.42 Å². The van der Waals surface area contributed by atoms with Crippen LogP contribution in [0.15, 0.2) is 60.9 Å². The van der Waals surface area contributed by atoms with Gasteiger partial charge in [0.25, 0.3) is 0 Å². The lowest BCUT2D eigenvalue weighted by Gasteiger charge is -2.39. The van der Waals surface area contributed by atoms with Crippen LogP contribution in [0.4, 0.5) is 10.5 Å². The van der Waals surface area contributed by atoms with E-state index in [1.54, 1.807) is 18.0 Å². The van der Waals surface area contributed by atoms with E-state index in [1.807, 2.05) is 68.0 Å². The molecule has 7 heteroatoms. The third-order valence-electron chi connectivity index (χ3n) is 5.60. The van der Waals surface area contributed by atoms with Gasteiger partial charge in [0.15, 0.2) is 0 Å². The summed E-state index contributed by atoms with van der Waals surface area (Å²) in [6, 6.07) is 15.7. The first-order valence-corrected chi connectivity index (χ1v) is 10.8. The smallest absolute Gasteiger partial charge is 0.407 e. The molecule has 0 saturated carbocycles. The standard InChI is InChI=1S/C25H28N4O3/c1-16(2)32-25(31)27-23-13-17(3)29(18(4)30)24-10-9-20(15-22(23)24)19-7-5-8-21(14-19)28-12-6-11-26-28/h5-12,14-17,23H,13H2,1-4H3,(H,27,31)/t17-,23+/m0/s1. The number of fused-ring (bicyclic) bond motifs is 1. The number of carbonyl (C=O) groups excluding carboxylic acids is 2. The van der Waals surface area contributed by atoms with Crippen molar-refractivity contribution >= 4 is 17.7 Å². The number of alkyl carbamates (subject to hydrolysis) is 1. The highest BCUT2D eigenvalue weighted by Crippen LogP contribution is 2.40. The summed E-state index contributed by atoms with van der Waals surface area (Å²) in [5, 5.41) is 7.30. The van der Waals surface area contributed by atoms with Gasteiger partial charge in [-0.05, 0) is 74.2 Å². The molecule has 3 aromatic rings. The van der Waals surface area contributed by atoms with E-state index in [4.69, 9.17) is 4.74 Å². The van der Waals surface area contributed by atoms with Crippen LogP contribution in [0.3, 0.4) is 0 Å². The predicted molar refractivity (Wildman–Crippen MR) is 124 cm³/mol. The van der Waals surface area contributed by atoms with Gasteiger partial charge in [-0.1, -0.05) is 18.2 Å². The van der Waals surface area contributed by atoms with Crippen molar-refractivity contribution in [1.29, 1.82) is 0 Å². The normalized spacial score (nSPS) is 17.7. The molecule has 0 aliphatic carbocycles. The number of rotatable bonds is 4. The molecule has 0 bridgehead atoms. The van der Waals surface area contributed by atoms with Crippen LogP contribution >= 0.6 is 0 Å². The largest absolute Gasteiger partial charge is 0.447 e. The zero-order valence-electron chi connectivity index (χ0n) is 18.8. The Morgan fingerprint density at radius 1 is 1.12 bits per heavy atom. The number of amides is 2. The minimum atomic E-state index is -0.453. The number of carbonyl (C=O) groups is 2. The number of hydrogen-bond donors (Lipinski definition) is 1. The van der Waals surface area contributed by atoms with Crippen molar-refractivity contribution in [2.24, 2.45) is 0 Å². The van der Waals surface area contributed by atoms with Gasteiger partial charge in [0.2, 0.25) is 5.91 Å². The van der Waals surface area contributed by atoms with Gasteiger partial charge >= 0.3 is 6.09 Å². The first-order chi connectivity index (χ1) is 15.3. The third kappa shape index (κ3) is 4.37. The molecule has 0 radical (unpaired) electrons. The van der Waals surface area contributed by atoms with E-state index >= 15 is 0 Å². The molecule has 1 aromatic heterocycles. The Hall–Kier alpha value is -3.61. The van der Waals surface area contributed by atoms with Crippen LogP contribution in [-0.2, 0) is 9.53 Å². The Morgan fingerprint density at radius 3 is 2.59 bits per heavy atom. The Morgan fingerprint density at radius 2 is 1.91 bits per heavy atom. The fraction of sp³-hybridized carbons (Fsp3) is 0.320. The molecule has 2 amide bonds. The van der Waals surface area contributed by atoms with Crippen LogP contribution in [0.1, 0.15) is 45.7 Å². The van der Waals surface area contributed by atoms with Crippen LogP contribution in [-0.4, -0.2) is 33.9 Å². The maximum Gasteiger partial charge on any atom is 0.407 e. The number of hydrogen-bond acceptors (Lipinski definition) is 4. The van der Waals surface area contributed by atoms with Crippen LogP contribution in [0.2, 0.25) is 0 Å². The number of nitrogens with zero attached hydrogens (tertiary/aromatic N) is 3. The number of nitrogens with one attached hydrogen (secondary N) is 1. The number of ether oxygens (including phenoxy) is 1. The summed E-state index contributed by atoms with van der Waals surface area (Å²) in [5.41, 5.74) is 4.70. The van der Waals surface area contributed by atoms with Gasteiger partial charge < -0.3 is 15.0 Å². The molecule has 1 aliphatic rings. The number of benzene rings is 2. The van der Waals surface area contributed by atoms with Crippen molar-refractivity contribution in [3.05, 3.63) is 66.5 Å². The molecule has 4 rings (SSSR count). The highest BCUT2D eigenvalue weighted by Gasteiger charge is 2.33. The first-order valence-electron chi connectivity index (χ1n) is 10.8. The van der Waals surface area contributed by atoms with Gasteiger partial charge in [-0.15, -0.1) is 0 Å². The summed E-state index contributed by atoms with van der Waals surface area (Å²) < 4.78 is 7.12. The van der Waals surface area contributed by atoms with Crippen molar-refractivity contribution < 1.29 is 14.3 Å². The van der Waals surface area contributed by atoms with Crippen LogP contribution in [0.5, 0.6) is 0 Å². The minimum absolute atomic E-state index is 0.0182. The van der Waals surface area contributed by atoms with Crippen LogP contribution < -0.4 is 10.2 Å². The summed E-state index contributed by atoms with van der Waals surface area (Å²) in [7, 11) is 0. The minimum Gasteiger partial charge on any atom is -0.447 e. The van der Waals surface area contributed by atoms with Gasteiger partial charge in [0.1, 0.15) is 0 Å². The van der Waals surface area contributed by atoms with Crippen molar-refractivity contribution in [3.8, 4) is 16.8 Å². The fourth-order valence-electron chi connectivity index (χ4n) is 4.30. The molecule has 32 heavy (non-hydrogen) atoms. The van der Waals surface area contributed by atoms with Gasteiger partial charge in [0, 0.05) is 31.0 Å². The molecule has 166 valence electrons. The Balaban J connectivity index is 1.74. The maximum absolute atomic E-state index is 12.4. The Labute approximate surface area is 188 Å². The average Bonchev–Trinajstić information content (AvgIpc) is 3.27. The van der Waals surface area contributed by atoms with Crippen LogP contribution in [0.25, 0.3) is 16.8 Å². The van der Waals surface area contributed by atoms with E-state index in [1.165, 1.54) is 0 Å². The highest BCUT2D eigenvalue weighted by molar-refractivity contribution is 5.94. The molecular weight excluding hydrogens is 404 g/mol. The Bertz CT molecular complexity index is 1120. The molecule has 1 aliphatic heterocycles. The van der Waals surface area contributed by atoms with Crippen molar-refractivity contribution in [2.45, 2.75) is 52.3 Å². The molecular formula is C25H28N4O3. The van der Waals surface area contributed by atoms with Gasteiger partial charge in [-0.25, -0.2) is 9.48 Å². The fourth-order valence-corrected chi connectivity index (χ4v) is 4.30. The Kier molecular flexibility index (Phi) is 5.99. The van der Waals surface area contributed by atoms with Gasteiger partial charge in [0.05, 0.1) is 17.8 Å². The topological polar surface area (TPSA) is 76.5 Å². The van der Waals surface area contributed by atoms with Gasteiger partial charge in [-0.3, -0.25) is 4.79 Å². The molecule has 0 unspecified atom stereocenters. The summed E-state index contributed by atoms with van der Waals surface area (Å²) in [6.07, 6.45) is 3.59. The summed E-state index contributed by atoms with van der Waals surface area (Å²) in [5.74, 6) is -0.0182. The highest BCUT2D eigenvalue weighted by atomic mass is 16.6. The first kappa shape index (κ1) is 21.6. The molecule has 0 spiro atoms. The molecule has 1 N–H and O–H groups in total. The number of aromatic nitrogens is 2. The number of anilines is 1. The quantitative estimate of drug-likeness (QED) is 0.639. The average molecular weight is 433 g/mol. The lowest BCUT2D eigenvalue weighted by atomic mass is 9.89. The predicted octanol–water partition coefficient (Wildman–Crippen LogP) is 4.86. The lowest BCUT2D eigenvalue weighted by molar-refractivity contribution is -0.117. The molecule has 2 heterocycles. The molecule has 2 atom stereocenters. The van der Waals surface area contributed by atoms with Crippen molar-refractivity contribution in [2.75, 3.05) is 4.90 Å². The van der Waals surface area contributed by atoms with Crippen molar-refractivity contribution in [3.63, 3.8) is 0 Å². The maximum atomic E-state index is 12.4. The summed E-state index contributed by atoms with van der Waals surface area (Å²) in [6.45, 7) is 7.20. The molecule has 2 aromatic carbocycles. The zero-order chi connectivity index (χ0) is 22.8. The monoisotopic (exact) mass is 432 g/mol. The second-order valence-electron chi connectivity index (χ2n) is 8.40. The molecule has 0 saturated heterocycles. The lowest BCUT2D eigenvalue weighted by Crippen LogP contribution is -2.45. The van der Waals surface area contributed by atoms with E-state index < -0.39 is 6.09 Å². The van der Waals surface area contributed by atoms with E-state index in [9.17, 15) is 9.59 Å². The molecule has 7 nitrogen and oxygen atoms in total.